The maximum Gasteiger partial charge on any atom is 0.240 e. The molecule has 1 amide bonds. The van der Waals surface area contributed by atoms with Gasteiger partial charge >= 0.3 is 0 Å². The van der Waals surface area contributed by atoms with Gasteiger partial charge in [0.2, 0.25) is 5.91 Å². The zero-order chi connectivity index (χ0) is 23.8. The molecule has 0 unspecified atom stereocenters. The van der Waals surface area contributed by atoms with E-state index in [9.17, 15) is 9.90 Å². The van der Waals surface area contributed by atoms with Gasteiger partial charge in [0.05, 0.1) is 42.1 Å². The van der Waals surface area contributed by atoms with E-state index in [-0.39, 0.29) is 30.6 Å². The minimum Gasteiger partial charge on any atom is -0.394 e. The lowest BCUT2D eigenvalue weighted by atomic mass is 10.1. The number of aromatic nitrogens is 2. The monoisotopic (exact) mass is 501 g/mol. The Kier molecular flexibility index (Phi) is 6.71. The summed E-state index contributed by atoms with van der Waals surface area (Å²) in [4.78, 5) is 21.6. The number of carbonyl (C=O) groups excluding carboxylic acids is 1. The van der Waals surface area contributed by atoms with Crippen LogP contribution < -0.4 is 10.2 Å². The maximum absolute atomic E-state index is 13.0. The van der Waals surface area contributed by atoms with E-state index in [1.165, 1.54) is 0 Å². The number of anilines is 1. The lowest BCUT2D eigenvalue weighted by molar-refractivity contribution is -0.136. The Hall–Kier alpha value is -2.32. The summed E-state index contributed by atoms with van der Waals surface area (Å²) < 4.78 is 2.11. The van der Waals surface area contributed by atoms with E-state index in [4.69, 9.17) is 23.2 Å². The summed E-state index contributed by atoms with van der Waals surface area (Å²) >= 11 is 12.6. The Morgan fingerprint density at radius 1 is 1.24 bits per heavy atom. The van der Waals surface area contributed by atoms with Gasteiger partial charge in [-0.15, -0.1) is 0 Å². The van der Waals surface area contributed by atoms with E-state index in [0.717, 1.165) is 41.7 Å². The van der Waals surface area contributed by atoms with E-state index in [1.54, 1.807) is 6.07 Å². The smallest absolute Gasteiger partial charge is 0.240 e. The van der Waals surface area contributed by atoms with Gasteiger partial charge in [-0.3, -0.25) is 4.79 Å². The Morgan fingerprint density at radius 2 is 2.09 bits per heavy atom. The molecular weight excluding hydrogens is 473 g/mol. The number of halogens is 2. The minimum absolute atomic E-state index is 0.0245. The number of aliphatic hydroxyl groups is 1. The van der Waals surface area contributed by atoms with Crippen LogP contribution in [0.1, 0.15) is 31.4 Å². The van der Waals surface area contributed by atoms with Gasteiger partial charge in [-0.25, -0.2) is 4.98 Å². The van der Waals surface area contributed by atoms with E-state index in [2.05, 4.69) is 38.8 Å². The molecule has 34 heavy (non-hydrogen) atoms. The average Bonchev–Trinajstić information content (AvgIpc) is 3.53. The largest absolute Gasteiger partial charge is 0.394 e. The van der Waals surface area contributed by atoms with Gasteiger partial charge in [0.15, 0.2) is 0 Å². The van der Waals surface area contributed by atoms with Crippen LogP contribution in [0.15, 0.2) is 42.7 Å². The number of nitrogens with zero attached hydrogens (tertiary/aromatic N) is 4. The van der Waals surface area contributed by atoms with Crippen LogP contribution in [0.2, 0.25) is 10.0 Å². The molecule has 5 rings (SSSR count). The molecule has 2 aliphatic rings. The summed E-state index contributed by atoms with van der Waals surface area (Å²) in [5.74, 6) is 0.110. The van der Waals surface area contributed by atoms with Crippen molar-refractivity contribution >= 4 is 45.8 Å². The molecule has 3 heterocycles. The Bertz CT molecular complexity index is 1190. The average molecular weight is 502 g/mol. The van der Waals surface area contributed by atoms with Crippen molar-refractivity contribution in [3.63, 3.8) is 0 Å². The zero-order valence-corrected chi connectivity index (χ0v) is 20.6. The third-order valence-corrected chi connectivity index (χ3v) is 7.65. The van der Waals surface area contributed by atoms with Gasteiger partial charge in [-0.1, -0.05) is 29.3 Å². The fourth-order valence-electron chi connectivity index (χ4n) is 5.14. The van der Waals surface area contributed by atoms with Crippen LogP contribution in [-0.2, 0) is 4.79 Å². The van der Waals surface area contributed by atoms with Gasteiger partial charge in [0.1, 0.15) is 0 Å². The van der Waals surface area contributed by atoms with Gasteiger partial charge < -0.3 is 24.8 Å². The van der Waals surface area contributed by atoms with Gasteiger partial charge in [0.25, 0.3) is 0 Å². The molecule has 0 spiro atoms. The first kappa shape index (κ1) is 23.4. The molecule has 2 fully saturated rings. The van der Waals surface area contributed by atoms with Crippen LogP contribution >= 0.6 is 23.2 Å². The van der Waals surface area contributed by atoms with Crippen molar-refractivity contribution in [2.24, 2.45) is 0 Å². The number of imidazole rings is 1. The van der Waals surface area contributed by atoms with Crippen LogP contribution in [0.3, 0.4) is 0 Å². The van der Waals surface area contributed by atoms with Crippen molar-refractivity contribution in [1.82, 2.24) is 19.8 Å². The number of nitrogens with one attached hydrogen (secondary N) is 1. The van der Waals surface area contributed by atoms with Gasteiger partial charge in [-0.2, -0.15) is 0 Å². The number of fused-ring (bicyclic) bond motifs is 1. The molecule has 3 atom stereocenters. The number of piperazine rings is 1. The Morgan fingerprint density at radius 3 is 2.82 bits per heavy atom. The summed E-state index contributed by atoms with van der Waals surface area (Å²) in [5.41, 5.74) is 3.93. The number of rotatable bonds is 5. The summed E-state index contributed by atoms with van der Waals surface area (Å²) in [6, 6.07) is 11.4. The van der Waals surface area contributed by atoms with Crippen molar-refractivity contribution in [2.75, 3.05) is 37.7 Å². The van der Waals surface area contributed by atoms with Crippen molar-refractivity contribution in [2.45, 2.75) is 37.9 Å². The predicted molar refractivity (Wildman–Crippen MR) is 136 cm³/mol. The number of carbonyl (C=O) groups is 1. The number of aliphatic hydroxyl groups excluding tert-OH is 1. The van der Waals surface area contributed by atoms with Crippen LogP contribution in [-0.4, -0.2) is 70.3 Å². The highest BCUT2D eigenvalue weighted by atomic mass is 35.5. The molecule has 9 heteroatoms. The molecule has 0 saturated carbocycles. The maximum atomic E-state index is 13.0. The quantitative estimate of drug-likeness (QED) is 0.557. The normalized spacial score (nSPS) is 21.9. The van der Waals surface area contributed by atoms with E-state index in [0.29, 0.717) is 29.7 Å². The SMILES string of the molecule is C[C@H](c1ccc(Cl)cc1Cl)n1cnc2ccc(N3CCN(C(=O)[C@H]4CCCN4)[C@H](CO)C3)cc21. The van der Waals surface area contributed by atoms with Crippen LogP contribution in [0, 0.1) is 0 Å². The third-order valence-electron chi connectivity index (χ3n) is 7.09. The molecule has 0 radical (unpaired) electrons. The second-order valence-electron chi connectivity index (χ2n) is 9.13. The lowest BCUT2D eigenvalue weighted by Crippen LogP contribution is -2.59. The molecule has 2 N–H and O–H groups in total. The number of hydrogen-bond acceptors (Lipinski definition) is 5. The first-order valence-corrected chi connectivity index (χ1v) is 12.5. The highest BCUT2D eigenvalue weighted by Crippen LogP contribution is 2.32. The topological polar surface area (TPSA) is 73.6 Å². The molecular formula is C25H29Cl2N5O2. The third kappa shape index (κ3) is 4.38. The molecule has 180 valence electrons. The predicted octanol–water partition coefficient (Wildman–Crippen LogP) is 3.71. The zero-order valence-electron chi connectivity index (χ0n) is 19.1. The number of benzene rings is 2. The number of amides is 1. The summed E-state index contributed by atoms with van der Waals surface area (Å²) in [5, 5.41) is 14.6. The van der Waals surface area contributed by atoms with E-state index in [1.807, 2.05) is 29.4 Å². The second-order valence-corrected chi connectivity index (χ2v) is 9.97. The van der Waals surface area contributed by atoms with Crippen molar-refractivity contribution in [1.29, 1.82) is 0 Å². The van der Waals surface area contributed by atoms with Crippen molar-refractivity contribution < 1.29 is 9.90 Å². The fraction of sp³-hybridized carbons (Fsp3) is 0.440. The lowest BCUT2D eigenvalue weighted by Gasteiger charge is -2.42. The summed E-state index contributed by atoms with van der Waals surface area (Å²) in [6.45, 7) is 4.82. The Balaban J connectivity index is 1.39. The fourth-order valence-corrected chi connectivity index (χ4v) is 5.71. The van der Waals surface area contributed by atoms with Gasteiger partial charge in [-0.05, 0) is 62.2 Å². The molecule has 7 nitrogen and oxygen atoms in total. The molecule has 0 aliphatic carbocycles. The second kappa shape index (κ2) is 9.74. The van der Waals surface area contributed by atoms with Crippen molar-refractivity contribution in [3.05, 3.63) is 58.3 Å². The summed E-state index contributed by atoms with van der Waals surface area (Å²) in [6.07, 6.45) is 3.73. The van der Waals surface area contributed by atoms with Gasteiger partial charge in [0, 0.05) is 35.4 Å². The molecule has 2 aromatic carbocycles. The highest BCUT2D eigenvalue weighted by Gasteiger charge is 2.35. The standard InChI is InChI=1S/C25H29Cl2N5O2/c1-16(20-6-4-17(26)11-21(20)27)32-15-29-22-7-5-18(12-24(22)32)30-9-10-31(19(13-30)14-33)25(34)23-3-2-8-28-23/h4-7,11-12,15-16,19,23,28,33H,2-3,8-10,13-14H2,1H3/t16-,19+,23-/m1/s1. The Labute approximate surface area is 209 Å². The van der Waals surface area contributed by atoms with Crippen LogP contribution in [0.5, 0.6) is 0 Å². The highest BCUT2D eigenvalue weighted by molar-refractivity contribution is 6.35. The first-order chi connectivity index (χ1) is 16.5. The summed E-state index contributed by atoms with van der Waals surface area (Å²) in [7, 11) is 0. The van der Waals surface area contributed by atoms with E-state index < -0.39 is 0 Å². The molecule has 2 saturated heterocycles. The molecule has 3 aromatic rings. The molecule has 1 aromatic heterocycles. The molecule has 2 aliphatic heterocycles. The first-order valence-electron chi connectivity index (χ1n) is 11.8. The minimum atomic E-state index is -0.226. The van der Waals surface area contributed by atoms with E-state index >= 15 is 0 Å². The number of hydrogen-bond donors (Lipinski definition) is 2. The molecule has 0 bridgehead atoms. The van der Waals surface area contributed by atoms with Crippen LogP contribution in [0.4, 0.5) is 5.69 Å². The van der Waals surface area contributed by atoms with Crippen LogP contribution in [0.25, 0.3) is 11.0 Å². The van der Waals surface area contributed by atoms with Crippen molar-refractivity contribution in [3.8, 4) is 0 Å².